The standard InChI is InChI=1S/C19H20BrCl2IN2O2S/c1-19(2,3)27-18(26)24-5-4-10-6-11(20)7-13-12-8-14(21)15(22)9-16(12)25(28-23)17(10)13/h7-10H,4-6H2,1-3H3,(H,24,26). The lowest BCUT2D eigenvalue weighted by atomic mass is 9.89. The zero-order valence-electron chi connectivity index (χ0n) is 15.6. The van der Waals surface area contributed by atoms with Gasteiger partial charge in [-0.2, -0.15) is 0 Å². The minimum atomic E-state index is -0.503. The number of alkyl carbamates (subject to hydrolysis) is 1. The van der Waals surface area contributed by atoms with Gasteiger partial charge in [-0.25, -0.2) is 4.79 Å². The van der Waals surface area contributed by atoms with Gasteiger partial charge in [-0.3, -0.25) is 3.97 Å². The number of nitrogens with one attached hydrogen (secondary N) is 1. The first-order chi connectivity index (χ1) is 13.1. The van der Waals surface area contributed by atoms with Gasteiger partial charge in [0.25, 0.3) is 0 Å². The molecule has 1 heterocycles. The zero-order chi connectivity index (χ0) is 20.6. The molecule has 0 spiro atoms. The summed E-state index contributed by atoms with van der Waals surface area (Å²) in [6.45, 7) is 6.10. The summed E-state index contributed by atoms with van der Waals surface area (Å²) >= 11 is 18.5. The first-order valence-corrected chi connectivity index (χ1v) is 13.6. The van der Waals surface area contributed by atoms with Gasteiger partial charge in [0, 0.05) is 59.4 Å². The number of ether oxygens (including phenoxy) is 1. The Hall–Kier alpha value is -0.0900. The highest BCUT2D eigenvalue weighted by molar-refractivity contribution is 14.2. The van der Waals surface area contributed by atoms with Crippen molar-refractivity contribution < 1.29 is 9.53 Å². The number of hydrogen-bond donors (Lipinski definition) is 1. The Labute approximate surface area is 199 Å². The average Bonchev–Trinajstić information content (AvgIpc) is 2.86. The molecule has 0 aliphatic heterocycles. The van der Waals surface area contributed by atoms with Gasteiger partial charge in [0.05, 0.1) is 15.6 Å². The van der Waals surface area contributed by atoms with Crippen molar-refractivity contribution in [2.45, 2.75) is 45.1 Å². The SMILES string of the molecule is CC(C)(C)OC(=O)NCCC1CC(Br)=Cc2c1n(SI)c1cc(Cl)c(Cl)cc21. The number of carbonyl (C=O) groups is 1. The molecule has 2 aromatic rings. The van der Waals surface area contributed by atoms with E-state index in [0.29, 0.717) is 16.6 Å². The number of benzene rings is 1. The van der Waals surface area contributed by atoms with Crippen LogP contribution < -0.4 is 5.32 Å². The number of hydrogen-bond acceptors (Lipinski definition) is 3. The smallest absolute Gasteiger partial charge is 0.407 e. The third kappa shape index (κ3) is 4.96. The second-order valence-electron chi connectivity index (χ2n) is 7.66. The van der Waals surface area contributed by atoms with E-state index in [1.807, 2.05) is 32.9 Å². The van der Waals surface area contributed by atoms with E-state index in [4.69, 9.17) is 27.9 Å². The van der Waals surface area contributed by atoms with Crippen molar-refractivity contribution in [2.75, 3.05) is 6.54 Å². The van der Waals surface area contributed by atoms with E-state index in [-0.39, 0.29) is 12.0 Å². The number of fused-ring (bicyclic) bond motifs is 3. The van der Waals surface area contributed by atoms with E-state index in [9.17, 15) is 4.79 Å². The molecule has 0 fully saturated rings. The molecule has 152 valence electrons. The molecule has 1 aromatic heterocycles. The predicted molar refractivity (Wildman–Crippen MR) is 132 cm³/mol. The fourth-order valence-corrected chi connectivity index (χ4v) is 6.12. The van der Waals surface area contributed by atoms with Crippen molar-refractivity contribution in [3.05, 3.63) is 37.9 Å². The molecule has 1 atom stereocenters. The molecule has 1 aliphatic rings. The summed E-state index contributed by atoms with van der Waals surface area (Å²) in [6, 6.07) is 3.85. The van der Waals surface area contributed by atoms with Crippen LogP contribution in [0.25, 0.3) is 17.0 Å². The van der Waals surface area contributed by atoms with Crippen LogP contribution in [-0.2, 0) is 4.74 Å². The fraction of sp³-hybridized carbons (Fsp3) is 0.421. The summed E-state index contributed by atoms with van der Waals surface area (Å²) in [6.07, 6.45) is 3.44. The fourth-order valence-electron chi connectivity index (χ4n) is 3.36. The van der Waals surface area contributed by atoms with Crippen molar-refractivity contribution in [1.29, 1.82) is 0 Å². The van der Waals surface area contributed by atoms with Crippen molar-refractivity contribution in [3.63, 3.8) is 0 Å². The maximum Gasteiger partial charge on any atom is 0.407 e. The maximum absolute atomic E-state index is 12.0. The van der Waals surface area contributed by atoms with Gasteiger partial charge in [0.2, 0.25) is 0 Å². The third-order valence-electron chi connectivity index (χ3n) is 4.40. The summed E-state index contributed by atoms with van der Waals surface area (Å²) in [5.74, 6) is 0.247. The average molecular weight is 618 g/mol. The van der Waals surface area contributed by atoms with E-state index in [1.54, 1.807) is 9.12 Å². The molecule has 9 heteroatoms. The molecule has 3 rings (SSSR count). The van der Waals surface area contributed by atoms with Gasteiger partial charge >= 0.3 is 6.09 Å². The predicted octanol–water partition coefficient (Wildman–Crippen LogP) is 7.93. The zero-order valence-corrected chi connectivity index (χ0v) is 21.7. The normalized spacial score (nSPS) is 16.7. The lowest BCUT2D eigenvalue weighted by molar-refractivity contribution is 0.0526. The molecule has 1 aromatic carbocycles. The number of carbonyl (C=O) groups excluding carboxylic acids is 1. The van der Waals surface area contributed by atoms with E-state index in [2.05, 4.69) is 52.5 Å². The molecule has 4 nitrogen and oxygen atoms in total. The Balaban J connectivity index is 1.89. The minimum Gasteiger partial charge on any atom is -0.444 e. The monoisotopic (exact) mass is 616 g/mol. The van der Waals surface area contributed by atoms with E-state index < -0.39 is 5.60 Å². The number of rotatable bonds is 4. The number of halogens is 4. The topological polar surface area (TPSA) is 43.3 Å². The van der Waals surface area contributed by atoms with Gasteiger partial charge in [-0.15, -0.1) is 0 Å². The quantitative estimate of drug-likeness (QED) is 0.354. The number of nitrogens with zero attached hydrogens (tertiary/aromatic N) is 1. The summed E-state index contributed by atoms with van der Waals surface area (Å²) in [4.78, 5) is 12.0. The van der Waals surface area contributed by atoms with Crippen LogP contribution >= 0.6 is 69.5 Å². The second-order valence-corrected chi connectivity index (χ2v) is 11.2. The highest BCUT2D eigenvalue weighted by Gasteiger charge is 2.28. The van der Waals surface area contributed by atoms with Crippen LogP contribution in [0, 0.1) is 0 Å². The lowest BCUT2D eigenvalue weighted by Gasteiger charge is -2.24. The van der Waals surface area contributed by atoms with Gasteiger partial charge in [0.15, 0.2) is 0 Å². The van der Waals surface area contributed by atoms with Crippen LogP contribution in [0.5, 0.6) is 0 Å². The van der Waals surface area contributed by atoms with Crippen LogP contribution in [0.1, 0.15) is 50.8 Å². The molecule has 0 saturated heterocycles. The second kappa shape index (κ2) is 8.96. The van der Waals surface area contributed by atoms with Gasteiger partial charge in [0.1, 0.15) is 5.60 Å². The van der Waals surface area contributed by atoms with Crippen LogP contribution in [0.15, 0.2) is 16.6 Å². The largest absolute Gasteiger partial charge is 0.444 e. The molecule has 1 aliphatic carbocycles. The van der Waals surface area contributed by atoms with Crippen molar-refractivity contribution in [3.8, 4) is 0 Å². The molecule has 0 radical (unpaired) electrons. The molecular formula is C19H20BrCl2IN2O2S. The highest BCUT2D eigenvalue weighted by Crippen LogP contribution is 2.46. The highest BCUT2D eigenvalue weighted by atomic mass is 127. The van der Waals surface area contributed by atoms with Crippen LogP contribution in [0.3, 0.4) is 0 Å². The van der Waals surface area contributed by atoms with Crippen LogP contribution in [0.4, 0.5) is 4.79 Å². The van der Waals surface area contributed by atoms with Crippen molar-refractivity contribution in [1.82, 2.24) is 9.29 Å². The molecule has 28 heavy (non-hydrogen) atoms. The Bertz CT molecular complexity index is 956. The number of allylic oxidation sites excluding steroid dienone is 1. The molecule has 1 N–H and O–H groups in total. The summed E-state index contributed by atoms with van der Waals surface area (Å²) in [5.41, 5.74) is 2.92. The molecule has 0 bridgehead atoms. The molecule has 1 unspecified atom stereocenters. The Morgan fingerprint density at radius 1 is 1.39 bits per heavy atom. The molecule has 1 amide bonds. The maximum atomic E-state index is 12.0. The van der Waals surface area contributed by atoms with Gasteiger partial charge in [-0.1, -0.05) is 39.1 Å². The summed E-state index contributed by atoms with van der Waals surface area (Å²) < 4.78 is 8.67. The lowest BCUT2D eigenvalue weighted by Crippen LogP contribution is -2.33. The van der Waals surface area contributed by atoms with Crippen LogP contribution in [0.2, 0.25) is 10.0 Å². The van der Waals surface area contributed by atoms with E-state index in [1.165, 1.54) is 5.69 Å². The summed E-state index contributed by atoms with van der Waals surface area (Å²) in [7, 11) is 1.62. The van der Waals surface area contributed by atoms with E-state index >= 15 is 0 Å². The van der Waals surface area contributed by atoms with Crippen molar-refractivity contribution >= 4 is 92.5 Å². The number of aromatic nitrogens is 1. The van der Waals surface area contributed by atoms with Crippen molar-refractivity contribution in [2.24, 2.45) is 0 Å². The summed E-state index contributed by atoms with van der Waals surface area (Å²) in [5, 5.41) is 5.04. The Kier molecular flexibility index (Phi) is 7.23. The Morgan fingerprint density at radius 2 is 2.07 bits per heavy atom. The Morgan fingerprint density at radius 3 is 2.71 bits per heavy atom. The van der Waals surface area contributed by atoms with E-state index in [0.717, 1.165) is 33.8 Å². The first-order valence-electron chi connectivity index (χ1n) is 8.76. The molecular weight excluding hydrogens is 598 g/mol. The molecule has 0 saturated carbocycles. The minimum absolute atomic E-state index is 0.247. The van der Waals surface area contributed by atoms with Gasteiger partial charge in [-0.05, 0) is 56.3 Å². The number of amides is 1. The first kappa shape index (κ1) is 22.6. The third-order valence-corrected chi connectivity index (χ3v) is 7.39. The van der Waals surface area contributed by atoms with Crippen LogP contribution in [-0.4, -0.2) is 22.2 Å². The van der Waals surface area contributed by atoms with Gasteiger partial charge < -0.3 is 10.1 Å².